The number of nitrogens with zero attached hydrogens (tertiary/aromatic N) is 3. The van der Waals surface area contributed by atoms with Crippen molar-refractivity contribution in [1.82, 2.24) is 15.1 Å². The summed E-state index contributed by atoms with van der Waals surface area (Å²) in [7, 11) is 1.34. The lowest BCUT2D eigenvalue weighted by Gasteiger charge is -2.31. The van der Waals surface area contributed by atoms with E-state index in [1.807, 2.05) is 12.1 Å². The molecular weight excluding hydrogens is 455 g/mol. The number of ether oxygens (including phenoxy) is 1. The zero-order chi connectivity index (χ0) is 20.8. The van der Waals surface area contributed by atoms with E-state index in [2.05, 4.69) is 25.2 Å². The Morgan fingerprint density at radius 3 is 2.72 bits per heavy atom. The van der Waals surface area contributed by atoms with E-state index in [9.17, 15) is 9.59 Å². The molecule has 11 heteroatoms. The zero-order valence-electron chi connectivity index (χ0n) is 15.7. The SMILES string of the molecule is COC(=O)CSc1nnc(NC(=O)C2CCN(Cc3ccc(Cl)c(Cl)c3)CC2)s1. The van der Waals surface area contributed by atoms with Crippen LogP contribution in [0, 0.1) is 5.92 Å². The first kappa shape index (κ1) is 22.3. The minimum atomic E-state index is -0.330. The lowest BCUT2D eigenvalue weighted by molar-refractivity contribution is -0.137. The van der Waals surface area contributed by atoms with Gasteiger partial charge in [0.1, 0.15) is 0 Å². The van der Waals surface area contributed by atoms with Crippen molar-refractivity contribution in [3.05, 3.63) is 33.8 Å². The average molecular weight is 475 g/mol. The molecule has 1 aromatic carbocycles. The fraction of sp³-hybridized carbons (Fsp3) is 0.444. The van der Waals surface area contributed by atoms with Crippen molar-refractivity contribution in [1.29, 1.82) is 0 Å². The second kappa shape index (κ2) is 10.6. The number of benzene rings is 1. The van der Waals surface area contributed by atoms with Gasteiger partial charge < -0.3 is 10.1 Å². The standard InChI is InChI=1S/C18H20Cl2N4O3S2/c1-27-15(25)10-28-18-23-22-17(29-18)21-16(26)12-4-6-24(7-5-12)9-11-2-3-13(19)14(20)8-11/h2-3,8,12H,4-7,9-10H2,1H3,(H,21,22,26). The smallest absolute Gasteiger partial charge is 0.316 e. The van der Waals surface area contributed by atoms with E-state index in [0.717, 1.165) is 38.0 Å². The minimum Gasteiger partial charge on any atom is -0.468 e. The molecule has 7 nitrogen and oxygen atoms in total. The van der Waals surface area contributed by atoms with Gasteiger partial charge in [-0.1, -0.05) is 52.4 Å². The van der Waals surface area contributed by atoms with Gasteiger partial charge in [0, 0.05) is 12.5 Å². The number of piperidine rings is 1. The van der Waals surface area contributed by atoms with Gasteiger partial charge in [-0.2, -0.15) is 0 Å². The number of carbonyl (C=O) groups is 2. The van der Waals surface area contributed by atoms with Gasteiger partial charge in [-0.05, 0) is 43.6 Å². The third-order valence-electron chi connectivity index (χ3n) is 4.53. The summed E-state index contributed by atoms with van der Waals surface area (Å²) in [6, 6.07) is 5.66. The highest BCUT2D eigenvalue weighted by Gasteiger charge is 2.26. The number of carbonyl (C=O) groups excluding carboxylic acids is 2. The van der Waals surface area contributed by atoms with Gasteiger partial charge >= 0.3 is 5.97 Å². The summed E-state index contributed by atoms with van der Waals surface area (Å²) < 4.78 is 5.20. The van der Waals surface area contributed by atoms with Gasteiger partial charge in [0.05, 0.1) is 22.9 Å². The van der Waals surface area contributed by atoms with Crippen LogP contribution < -0.4 is 5.32 Å². The van der Waals surface area contributed by atoms with Crippen LogP contribution in [0.25, 0.3) is 0 Å². The van der Waals surface area contributed by atoms with Crippen molar-refractivity contribution in [3.8, 4) is 0 Å². The maximum Gasteiger partial charge on any atom is 0.316 e. The molecule has 3 rings (SSSR count). The molecule has 1 aromatic heterocycles. The Labute approximate surface area is 187 Å². The zero-order valence-corrected chi connectivity index (χ0v) is 18.8. The van der Waals surface area contributed by atoms with E-state index in [4.69, 9.17) is 23.2 Å². The van der Waals surface area contributed by atoms with E-state index in [-0.39, 0.29) is 23.5 Å². The molecule has 1 N–H and O–H groups in total. The fourth-order valence-corrected chi connectivity index (χ4v) is 4.86. The summed E-state index contributed by atoms with van der Waals surface area (Å²) in [5.41, 5.74) is 1.10. The van der Waals surface area contributed by atoms with Gasteiger partial charge in [0.2, 0.25) is 11.0 Å². The highest BCUT2D eigenvalue weighted by Crippen LogP contribution is 2.28. The number of nitrogens with one attached hydrogen (secondary N) is 1. The summed E-state index contributed by atoms with van der Waals surface area (Å²) in [4.78, 5) is 26.0. The van der Waals surface area contributed by atoms with Crippen LogP contribution in [0.4, 0.5) is 5.13 Å². The normalized spacial score (nSPS) is 15.3. The molecule has 0 spiro atoms. The number of thioether (sulfide) groups is 1. The summed E-state index contributed by atoms with van der Waals surface area (Å²) in [5, 5.41) is 12.3. The maximum atomic E-state index is 12.5. The van der Waals surface area contributed by atoms with Crippen molar-refractivity contribution in [2.75, 3.05) is 31.3 Å². The first-order valence-electron chi connectivity index (χ1n) is 8.95. The Balaban J connectivity index is 1.44. The predicted molar refractivity (Wildman–Crippen MR) is 116 cm³/mol. The molecule has 0 aliphatic carbocycles. The van der Waals surface area contributed by atoms with Crippen molar-refractivity contribution in [2.45, 2.75) is 23.7 Å². The number of aromatic nitrogens is 2. The maximum absolute atomic E-state index is 12.5. The first-order valence-corrected chi connectivity index (χ1v) is 11.5. The van der Waals surface area contributed by atoms with E-state index in [1.165, 1.54) is 30.2 Å². The average Bonchev–Trinajstić information content (AvgIpc) is 3.16. The monoisotopic (exact) mass is 474 g/mol. The van der Waals surface area contributed by atoms with Gasteiger partial charge in [-0.3, -0.25) is 14.5 Å². The summed E-state index contributed by atoms with van der Waals surface area (Å²) in [5.74, 6) is -0.269. The largest absolute Gasteiger partial charge is 0.468 e. The molecule has 0 saturated carbocycles. The Morgan fingerprint density at radius 2 is 2.03 bits per heavy atom. The quantitative estimate of drug-likeness (QED) is 0.369. The number of amides is 1. The molecule has 0 atom stereocenters. The van der Waals surface area contributed by atoms with Gasteiger partial charge in [-0.25, -0.2) is 0 Å². The molecular formula is C18H20Cl2N4O3S2. The Hall–Kier alpha value is -1.39. The Morgan fingerprint density at radius 1 is 1.28 bits per heavy atom. The number of hydrogen-bond acceptors (Lipinski definition) is 8. The van der Waals surface area contributed by atoms with Crippen LogP contribution in [-0.2, 0) is 20.9 Å². The van der Waals surface area contributed by atoms with Crippen LogP contribution in [0.1, 0.15) is 18.4 Å². The molecule has 2 heterocycles. The number of esters is 1. The van der Waals surface area contributed by atoms with E-state index < -0.39 is 0 Å². The van der Waals surface area contributed by atoms with Gasteiger partial charge in [0.15, 0.2) is 4.34 Å². The van der Waals surface area contributed by atoms with E-state index in [1.54, 1.807) is 6.07 Å². The molecule has 1 aliphatic heterocycles. The fourth-order valence-electron chi connectivity index (χ4n) is 2.96. The molecule has 1 amide bonds. The molecule has 156 valence electrons. The topological polar surface area (TPSA) is 84.4 Å². The molecule has 1 fully saturated rings. The summed E-state index contributed by atoms with van der Waals surface area (Å²) in [6.45, 7) is 2.44. The van der Waals surface area contributed by atoms with Gasteiger partial charge in [0.25, 0.3) is 0 Å². The lowest BCUT2D eigenvalue weighted by Crippen LogP contribution is -2.37. The summed E-state index contributed by atoms with van der Waals surface area (Å²) in [6.07, 6.45) is 1.55. The minimum absolute atomic E-state index is 0.0418. The molecule has 0 bridgehead atoms. The highest BCUT2D eigenvalue weighted by atomic mass is 35.5. The molecule has 1 aliphatic rings. The van der Waals surface area contributed by atoms with Crippen LogP contribution >= 0.6 is 46.3 Å². The lowest BCUT2D eigenvalue weighted by atomic mass is 9.95. The van der Waals surface area contributed by atoms with Crippen molar-refractivity contribution in [3.63, 3.8) is 0 Å². The number of methoxy groups -OCH3 is 1. The molecule has 1 saturated heterocycles. The Kier molecular flexibility index (Phi) is 8.14. The highest BCUT2D eigenvalue weighted by molar-refractivity contribution is 8.01. The third-order valence-corrected chi connectivity index (χ3v) is 7.21. The van der Waals surface area contributed by atoms with Crippen molar-refractivity contribution in [2.24, 2.45) is 5.92 Å². The molecule has 29 heavy (non-hydrogen) atoms. The van der Waals surface area contributed by atoms with Crippen molar-refractivity contribution < 1.29 is 14.3 Å². The first-order chi connectivity index (χ1) is 13.9. The second-order valence-corrected chi connectivity index (χ2v) is 9.54. The van der Waals surface area contributed by atoms with Crippen LogP contribution in [0.5, 0.6) is 0 Å². The molecule has 2 aromatic rings. The number of hydrogen-bond donors (Lipinski definition) is 1. The second-order valence-electron chi connectivity index (χ2n) is 6.53. The number of rotatable bonds is 7. The van der Waals surface area contributed by atoms with E-state index >= 15 is 0 Å². The Bertz CT molecular complexity index is 873. The van der Waals surface area contributed by atoms with Gasteiger partial charge in [-0.15, -0.1) is 10.2 Å². The molecule has 0 radical (unpaired) electrons. The van der Waals surface area contributed by atoms with Crippen LogP contribution in [0.15, 0.2) is 22.5 Å². The van der Waals surface area contributed by atoms with Crippen LogP contribution in [-0.4, -0.2) is 52.9 Å². The molecule has 0 unspecified atom stereocenters. The number of anilines is 1. The van der Waals surface area contributed by atoms with Crippen molar-refractivity contribution >= 4 is 63.3 Å². The predicted octanol–water partition coefficient (Wildman–Crippen LogP) is 3.96. The summed E-state index contributed by atoms with van der Waals surface area (Å²) >= 11 is 14.5. The van der Waals surface area contributed by atoms with E-state index in [0.29, 0.717) is 19.5 Å². The number of halogens is 2. The van der Waals surface area contributed by atoms with Crippen LogP contribution in [0.3, 0.4) is 0 Å². The number of likely N-dealkylation sites (tertiary alicyclic amines) is 1. The van der Waals surface area contributed by atoms with Crippen LogP contribution in [0.2, 0.25) is 10.0 Å². The third kappa shape index (κ3) is 6.55.